The molecule has 12 heavy (non-hydrogen) atoms. The topological polar surface area (TPSA) is 37.3 Å². The first-order valence-corrected chi connectivity index (χ1v) is 6.55. The molecule has 1 atom stereocenters. The molecule has 0 aromatic carbocycles. The largest absolute Gasteiger partial charge is 0.346 e. The Morgan fingerprint density at radius 2 is 1.50 bits per heavy atom. The Bertz CT molecular complexity index is 115. The number of hydrogen-bond donors (Lipinski definition) is 1. The third-order valence-electron chi connectivity index (χ3n) is 1.99. The zero-order chi connectivity index (χ0) is 9.23. The van der Waals surface area contributed by atoms with Gasteiger partial charge in [0.05, 0.1) is 0 Å². The lowest BCUT2D eigenvalue weighted by atomic mass is 10.1. The fourth-order valence-corrected chi connectivity index (χ4v) is 1.79. The van der Waals surface area contributed by atoms with Gasteiger partial charge in [-0.3, -0.25) is 4.57 Å². The van der Waals surface area contributed by atoms with Crippen molar-refractivity contribution in [1.29, 1.82) is 0 Å². The summed E-state index contributed by atoms with van der Waals surface area (Å²) in [6, 6.07) is 0. The van der Waals surface area contributed by atoms with Crippen LogP contribution in [-0.2, 0) is 4.57 Å². The van der Waals surface area contributed by atoms with Gasteiger partial charge < -0.3 is 4.89 Å². The maximum Gasteiger partial charge on any atom is 0.189 e. The molecule has 0 rings (SSSR count). The molecule has 0 spiro atoms. The standard InChI is InChI=1S/C9H21O2P/c1-2-3-4-5-6-7-8-9-12(10)11/h12H,2-9H2,1H3,(H,10,11). The van der Waals surface area contributed by atoms with E-state index in [1.54, 1.807) is 0 Å². The number of hydrogen-bond acceptors (Lipinski definition) is 1. The average molecular weight is 192 g/mol. The Labute approximate surface area is 76.2 Å². The summed E-state index contributed by atoms with van der Waals surface area (Å²) in [7, 11) is -2.18. The highest BCUT2D eigenvalue weighted by Crippen LogP contribution is 2.16. The molecular weight excluding hydrogens is 171 g/mol. The summed E-state index contributed by atoms with van der Waals surface area (Å²) in [5, 5.41) is 0. The molecule has 0 amide bonds. The van der Waals surface area contributed by atoms with Gasteiger partial charge in [-0.2, -0.15) is 0 Å². The fourth-order valence-electron chi connectivity index (χ4n) is 1.23. The van der Waals surface area contributed by atoms with Crippen molar-refractivity contribution in [3.63, 3.8) is 0 Å². The molecule has 3 heteroatoms. The second-order valence-electron chi connectivity index (χ2n) is 3.27. The van der Waals surface area contributed by atoms with Crippen LogP contribution in [0.5, 0.6) is 0 Å². The van der Waals surface area contributed by atoms with Crippen molar-refractivity contribution >= 4 is 8.03 Å². The zero-order valence-electron chi connectivity index (χ0n) is 8.01. The smallest absolute Gasteiger partial charge is 0.189 e. The molecular formula is C9H21O2P. The molecule has 0 fully saturated rings. The lowest BCUT2D eigenvalue weighted by molar-refractivity contribution is 0.498. The highest BCUT2D eigenvalue weighted by molar-refractivity contribution is 7.37. The van der Waals surface area contributed by atoms with Crippen molar-refractivity contribution in [2.75, 3.05) is 6.16 Å². The summed E-state index contributed by atoms with van der Waals surface area (Å²) in [5.74, 6) is 0. The number of unbranched alkanes of at least 4 members (excludes halogenated alkanes) is 6. The van der Waals surface area contributed by atoms with Gasteiger partial charge in [0, 0.05) is 6.16 Å². The van der Waals surface area contributed by atoms with E-state index in [0.29, 0.717) is 6.16 Å². The van der Waals surface area contributed by atoms with Crippen LogP contribution < -0.4 is 0 Å². The van der Waals surface area contributed by atoms with Gasteiger partial charge in [0.1, 0.15) is 0 Å². The SMILES string of the molecule is CCCCCCCCC[PH](=O)O. The Kier molecular flexibility index (Phi) is 9.43. The lowest BCUT2D eigenvalue weighted by Crippen LogP contribution is -1.81. The summed E-state index contributed by atoms with van der Waals surface area (Å²) in [6.45, 7) is 2.21. The van der Waals surface area contributed by atoms with Crippen molar-refractivity contribution in [3.8, 4) is 0 Å². The van der Waals surface area contributed by atoms with E-state index in [1.165, 1.54) is 32.1 Å². The quantitative estimate of drug-likeness (QED) is 0.473. The third-order valence-corrected chi connectivity index (χ3v) is 2.78. The van der Waals surface area contributed by atoms with Crippen LogP contribution in [0.2, 0.25) is 0 Å². The van der Waals surface area contributed by atoms with E-state index in [2.05, 4.69) is 6.92 Å². The molecule has 0 aliphatic rings. The highest BCUT2D eigenvalue weighted by Gasteiger charge is 1.93. The maximum absolute atomic E-state index is 10.3. The Morgan fingerprint density at radius 3 is 2.00 bits per heavy atom. The normalized spacial score (nSPS) is 13.2. The van der Waals surface area contributed by atoms with E-state index in [-0.39, 0.29) is 0 Å². The third kappa shape index (κ3) is 10.2. The van der Waals surface area contributed by atoms with Crippen molar-refractivity contribution in [1.82, 2.24) is 0 Å². The molecule has 0 aliphatic carbocycles. The van der Waals surface area contributed by atoms with E-state index in [0.717, 1.165) is 12.8 Å². The molecule has 0 aliphatic heterocycles. The van der Waals surface area contributed by atoms with E-state index in [9.17, 15) is 4.57 Å². The van der Waals surface area contributed by atoms with Crippen molar-refractivity contribution in [2.45, 2.75) is 51.9 Å². The lowest BCUT2D eigenvalue weighted by Gasteiger charge is -1.98. The first-order valence-electron chi connectivity index (χ1n) is 4.99. The molecule has 0 saturated heterocycles. The van der Waals surface area contributed by atoms with Crippen LogP contribution >= 0.6 is 8.03 Å². The molecule has 0 heterocycles. The van der Waals surface area contributed by atoms with E-state index in [1.807, 2.05) is 0 Å². The summed E-state index contributed by atoms with van der Waals surface area (Å²) in [6.07, 6.45) is 9.04. The summed E-state index contributed by atoms with van der Waals surface area (Å²) in [5.41, 5.74) is 0. The molecule has 0 aromatic rings. The average Bonchev–Trinajstić information content (AvgIpc) is 2.02. The Balaban J connectivity index is 2.86. The Morgan fingerprint density at radius 1 is 1.00 bits per heavy atom. The minimum atomic E-state index is -2.18. The van der Waals surface area contributed by atoms with E-state index in [4.69, 9.17) is 4.89 Å². The second-order valence-corrected chi connectivity index (χ2v) is 4.55. The predicted octanol–water partition coefficient (Wildman–Crippen LogP) is 3.20. The molecule has 1 N–H and O–H groups in total. The van der Waals surface area contributed by atoms with Gasteiger partial charge >= 0.3 is 0 Å². The minimum absolute atomic E-state index is 0.526. The fraction of sp³-hybridized carbons (Fsp3) is 1.00. The summed E-state index contributed by atoms with van der Waals surface area (Å²) >= 11 is 0. The van der Waals surface area contributed by atoms with Crippen molar-refractivity contribution in [2.24, 2.45) is 0 Å². The van der Waals surface area contributed by atoms with Gasteiger partial charge in [0.2, 0.25) is 0 Å². The molecule has 0 aromatic heterocycles. The van der Waals surface area contributed by atoms with Crippen LogP contribution in [0.3, 0.4) is 0 Å². The minimum Gasteiger partial charge on any atom is -0.346 e. The zero-order valence-corrected chi connectivity index (χ0v) is 9.01. The predicted molar refractivity (Wildman–Crippen MR) is 54.1 cm³/mol. The van der Waals surface area contributed by atoms with Crippen LogP contribution in [0.4, 0.5) is 0 Å². The van der Waals surface area contributed by atoms with Crippen LogP contribution in [-0.4, -0.2) is 11.1 Å². The number of rotatable bonds is 8. The first-order chi connectivity index (χ1) is 5.77. The van der Waals surface area contributed by atoms with Crippen LogP contribution in [0.15, 0.2) is 0 Å². The van der Waals surface area contributed by atoms with Crippen molar-refractivity contribution in [3.05, 3.63) is 0 Å². The van der Waals surface area contributed by atoms with Gasteiger partial charge in [-0.1, -0.05) is 45.4 Å². The van der Waals surface area contributed by atoms with Crippen molar-refractivity contribution < 1.29 is 9.46 Å². The van der Waals surface area contributed by atoms with Gasteiger partial charge in [-0.05, 0) is 6.42 Å². The molecule has 1 unspecified atom stereocenters. The van der Waals surface area contributed by atoms with Crippen LogP contribution in [0.25, 0.3) is 0 Å². The molecule has 0 saturated carbocycles. The molecule has 74 valence electrons. The van der Waals surface area contributed by atoms with E-state index >= 15 is 0 Å². The van der Waals surface area contributed by atoms with Crippen LogP contribution in [0.1, 0.15) is 51.9 Å². The monoisotopic (exact) mass is 192 g/mol. The van der Waals surface area contributed by atoms with Gasteiger partial charge in [-0.15, -0.1) is 0 Å². The van der Waals surface area contributed by atoms with Crippen LogP contribution in [0, 0.1) is 0 Å². The Hall–Kier alpha value is 0.190. The van der Waals surface area contributed by atoms with Gasteiger partial charge in [0.25, 0.3) is 0 Å². The second kappa shape index (κ2) is 9.28. The summed E-state index contributed by atoms with van der Waals surface area (Å²) < 4.78 is 10.3. The molecule has 0 radical (unpaired) electrons. The van der Waals surface area contributed by atoms with Gasteiger partial charge in [0.15, 0.2) is 8.03 Å². The molecule has 0 bridgehead atoms. The molecule has 2 nitrogen and oxygen atoms in total. The summed E-state index contributed by atoms with van der Waals surface area (Å²) in [4.78, 5) is 8.54. The van der Waals surface area contributed by atoms with Gasteiger partial charge in [-0.25, -0.2) is 0 Å². The van der Waals surface area contributed by atoms with E-state index < -0.39 is 8.03 Å². The maximum atomic E-state index is 10.3. The first kappa shape index (κ1) is 12.2. The highest BCUT2D eigenvalue weighted by atomic mass is 31.1.